The number of hydrogen-bond donors (Lipinski definition) is 0. The lowest BCUT2D eigenvalue weighted by atomic mass is 9.71. The number of benzene rings is 2. The van der Waals surface area contributed by atoms with Crippen molar-refractivity contribution in [3.05, 3.63) is 85.0 Å². The number of rotatable bonds is 6. The fourth-order valence-electron chi connectivity index (χ4n) is 3.78. The second kappa shape index (κ2) is 5.73. The highest BCUT2D eigenvalue weighted by Crippen LogP contribution is 2.53. The lowest BCUT2D eigenvalue weighted by Crippen LogP contribution is -2.25. The molecule has 1 aliphatic rings. The molecule has 0 radical (unpaired) electrons. The zero-order valence-electron chi connectivity index (χ0n) is 12.5. The van der Waals surface area contributed by atoms with Gasteiger partial charge in [0.25, 0.3) is 0 Å². The van der Waals surface area contributed by atoms with Gasteiger partial charge in [-0.15, -0.1) is 13.2 Å². The quantitative estimate of drug-likeness (QED) is 0.576. The third kappa shape index (κ3) is 2.15. The minimum absolute atomic E-state index is 0.121. The van der Waals surface area contributed by atoms with Gasteiger partial charge in [-0.1, -0.05) is 60.7 Å². The molecule has 106 valence electrons. The van der Waals surface area contributed by atoms with Gasteiger partial charge in [-0.25, -0.2) is 0 Å². The van der Waals surface area contributed by atoms with Crippen molar-refractivity contribution in [1.82, 2.24) is 0 Å². The van der Waals surface area contributed by atoms with E-state index in [1.54, 1.807) is 0 Å². The van der Waals surface area contributed by atoms with Crippen molar-refractivity contribution >= 4 is 0 Å². The van der Waals surface area contributed by atoms with E-state index in [1.165, 1.54) is 22.3 Å². The first-order chi connectivity index (χ1) is 10.3. The molecule has 0 amide bonds. The molecular weight excluding hydrogens is 252 g/mol. The van der Waals surface area contributed by atoms with Gasteiger partial charge in [0, 0.05) is 5.41 Å². The first-order valence-corrected chi connectivity index (χ1v) is 7.74. The van der Waals surface area contributed by atoms with E-state index < -0.39 is 0 Å². The summed E-state index contributed by atoms with van der Waals surface area (Å²) >= 11 is 0. The van der Waals surface area contributed by atoms with E-state index in [-0.39, 0.29) is 5.41 Å². The van der Waals surface area contributed by atoms with E-state index in [4.69, 9.17) is 0 Å². The molecule has 0 aromatic heterocycles. The van der Waals surface area contributed by atoms with Crippen LogP contribution in [0, 0.1) is 0 Å². The van der Waals surface area contributed by atoms with Crippen LogP contribution in [0.1, 0.15) is 36.8 Å². The molecule has 0 nitrogen and oxygen atoms in total. The SMILES string of the molecule is C=CCCC1(CCC=C)c2ccccc2-c2ccccc21. The maximum Gasteiger partial charge on any atom is 0.0221 e. The standard InChI is InChI=1S/C21H22/c1-3-5-15-21(16-6-4-2)19-13-9-7-11-17(19)18-12-8-10-14-20(18)21/h3-4,7-14H,1-2,5-6,15-16H2. The lowest BCUT2D eigenvalue weighted by molar-refractivity contribution is 0.454. The van der Waals surface area contributed by atoms with E-state index in [0.29, 0.717) is 0 Å². The predicted molar refractivity (Wildman–Crippen MR) is 91.5 cm³/mol. The third-order valence-corrected chi connectivity index (χ3v) is 4.73. The summed E-state index contributed by atoms with van der Waals surface area (Å²) in [7, 11) is 0. The summed E-state index contributed by atoms with van der Waals surface area (Å²) in [4.78, 5) is 0. The van der Waals surface area contributed by atoms with Crippen LogP contribution in [0.15, 0.2) is 73.8 Å². The molecule has 0 N–H and O–H groups in total. The molecular formula is C21H22. The normalized spacial score (nSPS) is 14.3. The summed E-state index contributed by atoms with van der Waals surface area (Å²) in [6.45, 7) is 7.85. The largest absolute Gasteiger partial charge is 0.103 e. The molecule has 2 aromatic rings. The van der Waals surface area contributed by atoms with Crippen molar-refractivity contribution in [2.45, 2.75) is 31.1 Å². The van der Waals surface area contributed by atoms with Gasteiger partial charge in [0.2, 0.25) is 0 Å². The average molecular weight is 274 g/mol. The Morgan fingerprint density at radius 1 is 0.714 bits per heavy atom. The Kier molecular flexibility index (Phi) is 3.79. The molecule has 0 atom stereocenters. The molecule has 21 heavy (non-hydrogen) atoms. The van der Waals surface area contributed by atoms with E-state index in [0.717, 1.165) is 25.7 Å². The van der Waals surface area contributed by atoms with Crippen LogP contribution in [-0.2, 0) is 5.41 Å². The first-order valence-electron chi connectivity index (χ1n) is 7.74. The van der Waals surface area contributed by atoms with E-state index >= 15 is 0 Å². The molecule has 2 aromatic carbocycles. The van der Waals surface area contributed by atoms with Gasteiger partial charge in [0.05, 0.1) is 0 Å². The molecule has 1 aliphatic carbocycles. The van der Waals surface area contributed by atoms with Crippen molar-refractivity contribution < 1.29 is 0 Å². The second-order valence-electron chi connectivity index (χ2n) is 5.83. The third-order valence-electron chi connectivity index (χ3n) is 4.73. The Morgan fingerprint density at radius 2 is 1.14 bits per heavy atom. The molecule has 3 rings (SSSR count). The Hall–Kier alpha value is -2.08. The average Bonchev–Trinajstić information content (AvgIpc) is 2.82. The van der Waals surface area contributed by atoms with Gasteiger partial charge in [0.1, 0.15) is 0 Å². The molecule has 0 heteroatoms. The van der Waals surface area contributed by atoms with Crippen LogP contribution in [0.25, 0.3) is 11.1 Å². The van der Waals surface area contributed by atoms with Gasteiger partial charge in [-0.05, 0) is 47.9 Å². The van der Waals surface area contributed by atoms with Crippen LogP contribution in [-0.4, -0.2) is 0 Å². The van der Waals surface area contributed by atoms with Crippen molar-refractivity contribution in [2.75, 3.05) is 0 Å². The fraction of sp³-hybridized carbons (Fsp3) is 0.238. The minimum atomic E-state index is 0.121. The summed E-state index contributed by atoms with van der Waals surface area (Å²) in [6.07, 6.45) is 8.41. The Morgan fingerprint density at radius 3 is 1.57 bits per heavy atom. The van der Waals surface area contributed by atoms with E-state index in [1.807, 2.05) is 12.2 Å². The molecule has 0 spiro atoms. The molecule has 0 unspecified atom stereocenters. The second-order valence-corrected chi connectivity index (χ2v) is 5.83. The highest BCUT2D eigenvalue weighted by Gasteiger charge is 2.41. The van der Waals surface area contributed by atoms with Crippen LogP contribution in [0.3, 0.4) is 0 Å². The zero-order chi connectivity index (χ0) is 14.7. The van der Waals surface area contributed by atoms with Crippen molar-refractivity contribution in [2.24, 2.45) is 0 Å². The predicted octanol–water partition coefficient (Wildman–Crippen LogP) is 5.89. The molecule has 0 aliphatic heterocycles. The summed E-state index contributed by atoms with van der Waals surface area (Å²) in [5, 5.41) is 0. The monoisotopic (exact) mass is 274 g/mol. The van der Waals surface area contributed by atoms with Gasteiger partial charge in [-0.3, -0.25) is 0 Å². The fourth-order valence-corrected chi connectivity index (χ4v) is 3.78. The molecule has 0 bridgehead atoms. The van der Waals surface area contributed by atoms with Crippen LogP contribution in [0.5, 0.6) is 0 Å². The first kappa shape index (κ1) is 13.9. The number of fused-ring (bicyclic) bond motifs is 3. The van der Waals surface area contributed by atoms with Crippen LogP contribution < -0.4 is 0 Å². The summed E-state index contributed by atoms with van der Waals surface area (Å²) in [5.74, 6) is 0. The molecule has 0 heterocycles. The Balaban J connectivity index is 2.21. The zero-order valence-corrected chi connectivity index (χ0v) is 12.5. The van der Waals surface area contributed by atoms with Gasteiger partial charge >= 0.3 is 0 Å². The van der Waals surface area contributed by atoms with E-state index in [2.05, 4.69) is 61.7 Å². The van der Waals surface area contributed by atoms with Gasteiger partial charge in [-0.2, -0.15) is 0 Å². The van der Waals surface area contributed by atoms with Gasteiger partial charge < -0.3 is 0 Å². The molecule has 0 fully saturated rings. The van der Waals surface area contributed by atoms with Crippen LogP contribution >= 0.6 is 0 Å². The smallest absolute Gasteiger partial charge is 0.0221 e. The number of allylic oxidation sites excluding steroid dienone is 2. The molecule has 0 saturated carbocycles. The summed E-state index contributed by atoms with van der Waals surface area (Å²) in [6, 6.07) is 17.8. The summed E-state index contributed by atoms with van der Waals surface area (Å²) < 4.78 is 0. The van der Waals surface area contributed by atoms with Crippen LogP contribution in [0.4, 0.5) is 0 Å². The van der Waals surface area contributed by atoms with Crippen molar-refractivity contribution in [1.29, 1.82) is 0 Å². The highest BCUT2D eigenvalue weighted by atomic mass is 14.4. The Labute approximate surface area is 127 Å². The van der Waals surface area contributed by atoms with Crippen molar-refractivity contribution in [3.63, 3.8) is 0 Å². The summed E-state index contributed by atoms with van der Waals surface area (Å²) in [5.41, 5.74) is 5.89. The number of hydrogen-bond acceptors (Lipinski definition) is 0. The van der Waals surface area contributed by atoms with E-state index in [9.17, 15) is 0 Å². The minimum Gasteiger partial charge on any atom is -0.103 e. The Bertz CT molecular complexity index is 604. The van der Waals surface area contributed by atoms with Gasteiger partial charge in [0.15, 0.2) is 0 Å². The topological polar surface area (TPSA) is 0 Å². The maximum absolute atomic E-state index is 3.92. The molecule has 0 saturated heterocycles. The maximum atomic E-state index is 3.92. The lowest BCUT2D eigenvalue weighted by Gasteiger charge is -2.32. The highest BCUT2D eigenvalue weighted by molar-refractivity contribution is 5.80. The van der Waals surface area contributed by atoms with Crippen molar-refractivity contribution in [3.8, 4) is 11.1 Å². The van der Waals surface area contributed by atoms with Crippen LogP contribution in [0.2, 0.25) is 0 Å².